The smallest absolute Gasteiger partial charge is 0.323 e. The molecule has 0 bridgehead atoms. The Kier molecular flexibility index (Phi) is 9.99. The Hall–Kier alpha value is -4.90. The van der Waals surface area contributed by atoms with Crippen LogP contribution in [0, 0.1) is 0 Å². The molecule has 0 aliphatic rings. The highest BCUT2D eigenvalue weighted by atomic mass is 16.5. The monoisotopic (exact) mass is 534 g/mol. The quantitative estimate of drug-likeness (QED) is 0.167. The number of aliphatic imine (C=N–C) groups is 1. The summed E-state index contributed by atoms with van der Waals surface area (Å²) in [5.74, 6) is -0.605. The number of nitrogens with zero attached hydrogens (tertiary/aromatic N) is 2. The molecule has 11 nitrogen and oxygen atoms in total. The van der Waals surface area contributed by atoms with E-state index in [0.29, 0.717) is 33.9 Å². The Bertz CT molecular complexity index is 1320. The molecule has 3 rings (SSSR count). The lowest BCUT2D eigenvalue weighted by Gasteiger charge is -2.21. The van der Waals surface area contributed by atoms with Gasteiger partial charge in [-0.05, 0) is 42.0 Å². The van der Waals surface area contributed by atoms with Crippen molar-refractivity contribution in [3.63, 3.8) is 0 Å². The fourth-order valence-electron chi connectivity index (χ4n) is 3.94. The predicted octanol–water partition coefficient (Wildman–Crippen LogP) is 2.97. The first kappa shape index (κ1) is 28.7. The number of carboxylic acids is 1. The highest BCUT2D eigenvalue weighted by molar-refractivity contribution is 5.98. The summed E-state index contributed by atoms with van der Waals surface area (Å²) in [4.78, 5) is 42.4. The Morgan fingerprint density at radius 2 is 1.49 bits per heavy atom. The lowest BCUT2D eigenvalue weighted by molar-refractivity contribution is -0.137. The van der Waals surface area contributed by atoms with E-state index in [1.807, 2.05) is 5.48 Å². The summed E-state index contributed by atoms with van der Waals surface area (Å²) in [6, 6.07) is 18.3. The Morgan fingerprint density at radius 3 is 2.00 bits per heavy atom. The molecule has 204 valence electrons. The van der Waals surface area contributed by atoms with Gasteiger partial charge in [-0.2, -0.15) is 0 Å². The molecule has 0 saturated heterocycles. The standard InChI is InChI=1S/C28H30N4O7/c1-29-27(31-37)19-9-7-18(8-10-19)16-32(17-26(34)35)28(36)20-11-13-21(14-12-20)30-25(33)15-22-23(38-2)5-4-6-24(22)39-3/h4-14,37H,15-17H2,1-3H3,(H,29,31)(H,30,33)(H,34,35). The van der Waals surface area contributed by atoms with Crippen molar-refractivity contribution in [2.45, 2.75) is 13.0 Å². The minimum Gasteiger partial charge on any atom is -0.496 e. The van der Waals surface area contributed by atoms with Crippen LogP contribution in [0.3, 0.4) is 0 Å². The average molecular weight is 535 g/mol. The molecule has 0 aliphatic carbocycles. The maximum absolute atomic E-state index is 13.2. The number of carbonyl (C=O) groups excluding carboxylic acids is 2. The fourth-order valence-corrected chi connectivity index (χ4v) is 3.94. The molecule has 0 unspecified atom stereocenters. The molecule has 0 fully saturated rings. The molecule has 2 amide bonds. The van der Waals surface area contributed by atoms with Crippen molar-refractivity contribution >= 4 is 29.3 Å². The summed E-state index contributed by atoms with van der Waals surface area (Å²) in [5.41, 5.74) is 4.66. The van der Waals surface area contributed by atoms with Crippen molar-refractivity contribution in [2.24, 2.45) is 4.99 Å². The zero-order chi connectivity index (χ0) is 28.4. The van der Waals surface area contributed by atoms with E-state index in [9.17, 15) is 19.5 Å². The van der Waals surface area contributed by atoms with Gasteiger partial charge in [0.25, 0.3) is 5.91 Å². The lowest BCUT2D eigenvalue weighted by atomic mass is 10.1. The van der Waals surface area contributed by atoms with Crippen LogP contribution in [0.2, 0.25) is 0 Å². The Labute approximate surface area is 225 Å². The van der Waals surface area contributed by atoms with Crippen molar-refractivity contribution in [3.05, 3.63) is 89.0 Å². The fraction of sp³-hybridized carbons (Fsp3) is 0.214. The van der Waals surface area contributed by atoms with E-state index in [1.54, 1.807) is 54.6 Å². The van der Waals surface area contributed by atoms with Gasteiger partial charge < -0.3 is 24.8 Å². The van der Waals surface area contributed by atoms with Crippen molar-refractivity contribution in [3.8, 4) is 11.5 Å². The van der Waals surface area contributed by atoms with Gasteiger partial charge in [0.1, 0.15) is 18.0 Å². The van der Waals surface area contributed by atoms with Gasteiger partial charge in [0, 0.05) is 36.0 Å². The summed E-state index contributed by atoms with van der Waals surface area (Å²) < 4.78 is 10.7. The van der Waals surface area contributed by atoms with Crippen molar-refractivity contribution < 1.29 is 34.2 Å². The van der Waals surface area contributed by atoms with Crippen molar-refractivity contribution in [1.29, 1.82) is 0 Å². The molecule has 39 heavy (non-hydrogen) atoms. The van der Waals surface area contributed by atoms with Crippen LogP contribution in [0.5, 0.6) is 11.5 Å². The molecule has 0 atom stereocenters. The van der Waals surface area contributed by atoms with Gasteiger partial charge in [-0.1, -0.05) is 30.3 Å². The number of nitrogens with one attached hydrogen (secondary N) is 2. The third-order valence-electron chi connectivity index (χ3n) is 5.83. The Balaban J connectivity index is 1.70. The SMILES string of the molecule is CN=C(NO)c1ccc(CN(CC(=O)O)C(=O)c2ccc(NC(=O)Cc3c(OC)cccc3OC)cc2)cc1. The summed E-state index contributed by atoms with van der Waals surface area (Å²) in [5, 5.41) is 21.3. The van der Waals surface area contributed by atoms with E-state index in [1.165, 1.54) is 38.3 Å². The molecule has 0 saturated carbocycles. The second-order valence-electron chi connectivity index (χ2n) is 8.38. The number of carbonyl (C=O) groups is 3. The number of ether oxygens (including phenoxy) is 2. The number of amidine groups is 1. The number of hydroxylamine groups is 1. The maximum Gasteiger partial charge on any atom is 0.323 e. The summed E-state index contributed by atoms with van der Waals surface area (Å²) in [7, 11) is 4.55. The molecular formula is C28H30N4O7. The summed E-state index contributed by atoms with van der Waals surface area (Å²) in [6.07, 6.45) is 0.0129. The van der Waals surface area contributed by atoms with E-state index >= 15 is 0 Å². The van der Waals surface area contributed by atoms with E-state index in [-0.39, 0.29) is 30.3 Å². The predicted molar refractivity (Wildman–Crippen MR) is 145 cm³/mol. The van der Waals surface area contributed by atoms with Gasteiger partial charge in [-0.25, -0.2) is 0 Å². The third kappa shape index (κ3) is 7.55. The van der Waals surface area contributed by atoms with Gasteiger partial charge in [-0.15, -0.1) is 0 Å². The molecule has 0 aliphatic heterocycles. The van der Waals surface area contributed by atoms with Gasteiger partial charge in [0.2, 0.25) is 5.91 Å². The number of benzene rings is 3. The second kappa shape index (κ2) is 13.6. The second-order valence-corrected chi connectivity index (χ2v) is 8.38. The minimum absolute atomic E-state index is 0.0129. The number of aliphatic carboxylic acids is 1. The first-order valence-corrected chi connectivity index (χ1v) is 11.9. The third-order valence-corrected chi connectivity index (χ3v) is 5.83. The van der Waals surface area contributed by atoms with E-state index in [2.05, 4.69) is 10.3 Å². The van der Waals surface area contributed by atoms with Gasteiger partial charge in [0.15, 0.2) is 5.84 Å². The van der Waals surface area contributed by atoms with Gasteiger partial charge >= 0.3 is 5.97 Å². The largest absolute Gasteiger partial charge is 0.496 e. The molecule has 11 heteroatoms. The zero-order valence-corrected chi connectivity index (χ0v) is 21.8. The molecule has 4 N–H and O–H groups in total. The zero-order valence-electron chi connectivity index (χ0n) is 21.8. The van der Waals surface area contributed by atoms with E-state index < -0.39 is 18.4 Å². The minimum atomic E-state index is -1.15. The van der Waals surface area contributed by atoms with Crippen LogP contribution in [-0.4, -0.2) is 66.6 Å². The average Bonchev–Trinajstić information content (AvgIpc) is 2.94. The highest BCUT2D eigenvalue weighted by Gasteiger charge is 2.20. The molecule has 0 spiro atoms. The van der Waals surface area contributed by atoms with E-state index in [0.717, 1.165) is 0 Å². The van der Waals surface area contributed by atoms with Crippen molar-refractivity contribution in [1.82, 2.24) is 10.4 Å². The van der Waals surface area contributed by atoms with Crippen molar-refractivity contribution in [2.75, 3.05) is 33.1 Å². The molecule has 0 heterocycles. The van der Waals surface area contributed by atoms with Crippen LogP contribution < -0.4 is 20.3 Å². The van der Waals surface area contributed by atoms with Crippen LogP contribution in [0.1, 0.15) is 27.0 Å². The number of carboxylic acid groups (broad SMARTS) is 1. The lowest BCUT2D eigenvalue weighted by Crippen LogP contribution is -2.35. The molecular weight excluding hydrogens is 504 g/mol. The van der Waals surface area contributed by atoms with Crippen LogP contribution >= 0.6 is 0 Å². The number of hydrogen-bond donors (Lipinski definition) is 4. The van der Waals surface area contributed by atoms with Crippen LogP contribution in [0.4, 0.5) is 5.69 Å². The van der Waals surface area contributed by atoms with Gasteiger partial charge in [0.05, 0.1) is 20.6 Å². The normalized spacial score (nSPS) is 10.9. The number of methoxy groups -OCH3 is 2. The van der Waals surface area contributed by atoms with Gasteiger partial charge in [-0.3, -0.25) is 30.1 Å². The first-order chi connectivity index (χ1) is 18.8. The first-order valence-electron chi connectivity index (χ1n) is 11.9. The summed E-state index contributed by atoms with van der Waals surface area (Å²) in [6.45, 7) is -0.449. The number of anilines is 1. The van der Waals surface area contributed by atoms with Crippen LogP contribution in [0.15, 0.2) is 71.7 Å². The molecule has 3 aromatic rings. The van der Waals surface area contributed by atoms with Crippen LogP contribution in [-0.2, 0) is 22.6 Å². The molecule has 3 aromatic carbocycles. The maximum atomic E-state index is 13.2. The number of rotatable bonds is 11. The molecule has 0 radical (unpaired) electrons. The van der Waals surface area contributed by atoms with E-state index in [4.69, 9.17) is 14.7 Å². The molecule has 0 aromatic heterocycles. The topological polar surface area (TPSA) is 150 Å². The Morgan fingerprint density at radius 1 is 0.897 bits per heavy atom. The number of hydrogen-bond acceptors (Lipinski definition) is 7. The highest BCUT2D eigenvalue weighted by Crippen LogP contribution is 2.29. The summed E-state index contributed by atoms with van der Waals surface area (Å²) >= 11 is 0. The van der Waals surface area contributed by atoms with Crippen LogP contribution in [0.25, 0.3) is 0 Å². The number of amides is 2.